The lowest BCUT2D eigenvalue weighted by Crippen LogP contribution is -2.12. The first kappa shape index (κ1) is 13.8. The van der Waals surface area contributed by atoms with Gasteiger partial charge in [0, 0.05) is 0 Å². The molecule has 2 aromatic rings. The Morgan fingerprint density at radius 2 is 1.63 bits per heavy atom. The summed E-state index contributed by atoms with van der Waals surface area (Å²) in [4.78, 5) is 0. The molecule has 100 valence electrons. The Morgan fingerprint density at radius 1 is 1.05 bits per heavy atom. The first-order valence-corrected chi connectivity index (χ1v) is 5.94. The highest BCUT2D eigenvalue weighted by Crippen LogP contribution is 2.26. The van der Waals surface area contributed by atoms with Gasteiger partial charge in [-0.15, -0.1) is 0 Å². The maximum absolute atomic E-state index is 13.6. The molecule has 0 heterocycles. The molecule has 0 aliphatic rings. The Hall–Kier alpha value is -1.65. The number of nitrogens with two attached hydrogens (primary N) is 1. The van der Waals surface area contributed by atoms with E-state index in [0.29, 0.717) is 11.1 Å². The van der Waals surface area contributed by atoms with Crippen LogP contribution in [-0.2, 0) is 0 Å². The molecule has 0 aliphatic heterocycles. The van der Waals surface area contributed by atoms with Crippen molar-refractivity contribution in [1.29, 1.82) is 0 Å². The van der Waals surface area contributed by atoms with Gasteiger partial charge in [0.05, 0.1) is 18.2 Å². The van der Waals surface area contributed by atoms with Gasteiger partial charge >= 0.3 is 0 Å². The van der Waals surface area contributed by atoms with Gasteiger partial charge in [-0.3, -0.25) is 0 Å². The molecule has 0 aliphatic carbocycles. The summed E-state index contributed by atoms with van der Waals surface area (Å²) in [7, 11) is 1.38. The lowest BCUT2D eigenvalue weighted by atomic mass is 9.99. The molecular weight excluding hydrogens is 272 g/mol. The molecule has 1 unspecified atom stereocenters. The number of hydrogen-bond donors (Lipinski definition) is 1. The predicted octanol–water partition coefficient (Wildman–Crippen LogP) is 3.67. The van der Waals surface area contributed by atoms with E-state index in [1.807, 2.05) is 0 Å². The molecule has 0 aromatic heterocycles. The quantitative estimate of drug-likeness (QED) is 0.933. The highest BCUT2D eigenvalue weighted by atomic mass is 35.5. The third-order valence-corrected chi connectivity index (χ3v) is 3.14. The van der Waals surface area contributed by atoms with E-state index < -0.39 is 17.7 Å². The standard InChI is InChI=1S/C14H12ClF2NO/c1-19-13-5-3-9(7-12(13)17)14(18)8-2-4-10(15)11(16)6-8/h2-7,14H,18H2,1H3. The fourth-order valence-electron chi connectivity index (χ4n) is 1.77. The average molecular weight is 284 g/mol. The molecule has 2 N–H and O–H groups in total. The highest BCUT2D eigenvalue weighted by molar-refractivity contribution is 6.30. The number of rotatable bonds is 3. The summed E-state index contributed by atoms with van der Waals surface area (Å²) >= 11 is 5.60. The van der Waals surface area contributed by atoms with Gasteiger partial charge in [-0.05, 0) is 35.4 Å². The van der Waals surface area contributed by atoms with Crippen LogP contribution >= 0.6 is 11.6 Å². The van der Waals surface area contributed by atoms with Crippen LogP contribution in [0.5, 0.6) is 5.75 Å². The Bertz CT molecular complexity index is 604. The van der Waals surface area contributed by atoms with Gasteiger partial charge < -0.3 is 10.5 Å². The van der Waals surface area contributed by atoms with Crippen molar-refractivity contribution in [2.45, 2.75) is 6.04 Å². The number of benzene rings is 2. The zero-order chi connectivity index (χ0) is 14.0. The molecule has 2 nitrogen and oxygen atoms in total. The van der Waals surface area contributed by atoms with Crippen LogP contribution in [0.1, 0.15) is 17.2 Å². The molecular formula is C14H12ClF2NO. The van der Waals surface area contributed by atoms with Gasteiger partial charge in [0.1, 0.15) is 5.82 Å². The first-order valence-electron chi connectivity index (χ1n) is 5.57. The van der Waals surface area contributed by atoms with E-state index in [1.165, 1.54) is 31.4 Å². The van der Waals surface area contributed by atoms with Crippen LogP contribution in [-0.4, -0.2) is 7.11 Å². The third-order valence-electron chi connectivity index (χ3n) is 2.84. The summed E-state index contributed by atoms with van der Waals surface area (Å²) in [5.74, 6) is -0.924. The molecule has 0 fully saturated rings. The fourth-order valence-corrected chi connectivity index (χ4v) is 1.89. The molecule has 0 saturated carbocycles. The minimum Gasteiger partial charge on any atom is -0.494 e. The predicted molar refractivity (Wildman–Crippen MR) is 70.4 cm³/mol. The van der Waals surface area contributed by atoms with Crippen molar-refractivity contribution >= 4 is 11.6 Å². The molecule has 2 aromatic carbocycles. The third kappa shape index (κ3) is 2.85. The topological polar surface area (TPSA) is 35.2 Å². The van der Waals surface area contributed by atoms with Crippen LogP contribution in [0.25, 0.3) is 0 Å². The zero-order valence-electron chi connectivity index (χ0n) is 10.2. The lowest BCUT2D eigenvalue weighted by molar-refractivity contribution is 0.386. The fraction of sp³-hybridized carbons (Fsp3) is 0.143. The van der Waals surface area contributed by atoms with Gasteiger partial charge in [-0.1, -0.05) is 23.7 Å². The normalized spacial score (nSPS) is 12.3. The second-order valence-electron chi connectivity index (χ2n) is 4.05. The zero-order valence-corrected chi connectivity index (χ0v) is 10.9. The van der Waals surface area contributed by atoms with Crippen molar-refractivity contribution in [3.05, 3.63) is 64.2 Å². The maximum Gasteiger partial charge on any atom is 0.165 e. The molecule has 0 bridgehead atoms. The van der Waals surface area contributed by atoms with Crippen molar-refractivity contribution in [2.75, 3.05) is 7.11 Å². The SMILES string of the molecule is COc1ccc(C(N)c2ccc(Cl)c(F)c2)cc1F. The summed E-state index contributed by atoms with van der Waals surface area (Å²) < 4.78 is 31.8. The van der Waals surface area contributed by atoms with Gasteiger partial charge in [0.25, 0.3) is 0 Å². The number of hydrogen-bond acceptors (Lipinski definition) is 2. The molecule has 0 spiro atoms. The molecule has 0 saturated heterocycles. The first-order chi connectivity index (χ1) is 9.02. The Balaban J connectivity index is 2.35. The lowest BCUT2D eigenvalue weighted by Gasteiger charge is -2.14. The van der Waals surface area contributed by atoms with Gasteiger partial charge in [0.2, 0.25) is 0 Å². The second kappa shape index (κ2) is 5.55. The molecule has 1 atom stereocenters. The van der Waals surface area contributed by atoms with Crippen LogP contribution in [0.2, 0.25) is 5.02 Å². The van der Waals surface area contributed by atoms with Crippen molar-refractivity contribution in [1.82, 2.24) is 0 Å². The average Bonchev–Trinajstić information content (AvgIpc) is 2.41. The number of methoxy groups -OCH3 is 1. The van der Waals surface area contributed by atoms with Crippen LogP contribution < -0.4 is 10.5 Å². The van der Waals surface area contributed by atoms with Crippen LogP contribution in [0.4, 0.5) is 8.78 Å². The van der Waals surface area contributed by atoms with E-state index in [-0.39, 0.29) is 10.8 Å². The molecule has 2 rings (SSSR count). The van der Waals surface area contributed by atoms with E-state index in [1.54, 1.807) is 12.1 Å². The second-order valence-corrected chi connectivity index (χ2v) is 4.45. The van der Waals surface area contributed by atoms with E-state index in [4.69, 9.17) is 22.1 Å². The van der Waals surface area contributed by atoms with Gasteiger partial charge in [-0.2, -0.15) is 0 Å². The number of halogens is 3. The monoisotopic (exact) mass is 283 g/mol. The smallest absolute Gasteiger partial charge is 0.165 e. The summed E-state index contributed by atoms with van der Waals surface area (Å²) in [5.41, 5.74) is 7.03. The molecule has 5 heteroatoms. The maximum atomic E-state index is 13.6. The van der Waals surface area contributed by atoms with E-state index in [0.717, 1.165) is 0 Å². The Labute approximate surface area is 114 Å². The Morgan fingerprint density at radius 3 is 2.16 bits per heavy atom. The van der Waals surface area contributed by atoms with Crippen LogP contribution in [0.15, 0.2) is 36.4 Å². The largest absolute Gasteiger partial charge is 0.494 e. The summed E-state index contributed by atoms with van der Waals surface area (Å²) in [6, 6.07) is 8.04. The highest BCUT2D eigenvalue weighted by Gasteiger charge is 2.13. The minimum atomic E-state index is -0.632. The minimum absolute atomic E-state index is 0.0249. The van der Waals surface area contributed by atoms with E-state index in [2.05, 4.69) is 0 Å². The van der Waals surface area contributed by atoms with Crippen LogP contribution in [0.3, 0.4) is 0 Å². The summed E-state index contributed by atoms with van der Waals surface area (Å²) in [6.07, 6.45) is 0. The van der Waals surface area contributed by atoms with Gasteiger partial charge in [-0.25, -0.2) is 8.78 Å². The van der Waals surface area contributed by atoms with Crippen molar-refractivity contribution in [3.63, 3.8) is 0 Å². The molecule has 19 heavy (non-hydrogen) atoms. The summed E-state index contributed by atoms with van der Waals surface area (Å²) in [6.45, 7) is 0. The molecule has 0 amide bonds. The Kier molecular flexibility index (Phi) is 4.02. The van der Waals surface area contributed by atoms with Gasteiger partial charge in [0.15, 0.2) is 11.6 Å². The molecule has 0 radical (unpaired) electrons. The van der Waals surface area contributed by atoms with E-state index in [9.17, 15) is 8.78 Å². The van der Waals surface area contributed by atoms with E-state index >= 15 is 0 Å². The number of ether oxygens (including phenoxy) is 1. The van der Waals surface area contributed by atoms with Crippen molar-refractivity contribution in [3.8, 4) is 5.75 Å². The van der Waals surface area contributed by atoms with Crippen molar-refractivity contribution < 1.29 is 13.5 Å². The van der Waals surface area contributed by atoms with Crippen LogP contribution in [0, 0.1) is 11.6 Å². The summed E-state index contributed by atoms with van der Waals surface area (Å²) in [5, 5.41) is 0.0249. The van der Waals surface area contributed by atoms with Crippen molar-refractivity contribution in [2.24, 2.45) is 5.73 Å².